The largest absolute Gasteiger partial charge is 0.0853 e. The first kappa shape index (κ1) is 6.96. The Morgan fingerprint density at radius 3 is 1.86 bits per heavy atom. The van der Waals surface area contributed by atoms with Crippen LogP contribution in [0.25, 0.3) is 0 Å². The minimum Gasteiger partial charge on any atom is -0.0853 e. The minimum absolute atomic E-state index is 1.04. The molecular formula is C6H11S. The third-order valence-electron chi connectivity index (χ3n) is 1.13. The molecule has 0 aromatic carbocycles. The number of hydrogen-bond donors (Lipinski definition) is 0. The van der Waals surface area contributed by atoms with Crippen molar-refractivity contribution in [1.82, 2.24) is 0 Å². The molecule has 0 heterocycles. The van der Waals surface area contributed by atoms with Crippen molar-refractivity contribution in [2.75, 3.05) is 0 Å². The van der Waals surface area contributed by atoms with Crippen molar-refractivity contribution in [1.29, 1.82) is 0 Å². The maximum absolute atomic E-state index is 4.88. The Morgan fingerprint density at radius 1 is 1.43 bits per heavy atom. The van der Waals surface area contributed by atoms with Crippen molar-refractivity contribution < 1.29 is 0 Å². The summed E-state index contributed by atoms with van der Waals surface area (Å²) < 4.78 is 0. The van der Waals surface area contributed by atoms with Gasteiger partial charge in [0.15, 0.2) is 0 Å². The molecule has 0 aliphatic heterocycles. The zero-order chi connectivity index (χ0) is 5.86. The molecule has 0 saturated carbocycles. The molecule has 0 fully saturated rings. The van der Waals surface area contributed by atoms with Gasteiger partial charge in [0.25, 0.3) is 0 Å². The normalized spacial score (nSPS) is 13.6. The van der Waals surface area contributed by atoms with Crippen molar-refractivity contribution in [3.05, 3.63) is 10.5 Å². The van der Waals surface area contributed by atoms with Crippen molar-refractivity contribution in [2.45, 2.75) is 27.2 Å². The SMILES string of the molecule is CC/C(C)=C(/C)[S]. The van der Waals surface area contributed by atoms with E-state index in [0.29, 0.717) is 0 Å². The van der Waals surface area contributed by atoms with Crippen molar-refractivity contribution >= 4 is 12.6 Å². The zero-order valence-corrected chi connectivity index (χ0v) is 5.93. The highest BCUT2D eigenvalue weighted by Crippen LogP contribution is 2.08. The lowest BCUT2D eigenvalue weighted by molar-refractivity contribution is 1.09. The molecule has 1 heteroatoms. The lowest BCUT2D eigenvalue weighted by Crippen LogP contribution is -1.71. The van der Waals surface area contributed by atoms with Gasteiger partial charge in [-0.15, -0.1) is 0 Å². The highest BCUT2D eigenvalue weighted by molar-refractivity contribution is 7.84. The minimum atomic E-state index is 1.04. The van der Waals surface area contributed by atoms with Crippen LogP contribution in [0.4, 0.5) is 0 Å². The predicted molar refractivity (Wildman–Crippen MR) is 36.3 cm³/mol. The molecule has 0 rings (SSSR count). The lowest BCUT2D eigenvalue weighted by atomic mass is 10.2. The highest BCUT2D eigenvalue weighted by atomic mass is 32.1. The molecule has 0 aliphatic carbocycles. The molecule has 0 amide bonds. The second-order valence-electron chi connectivity index (χ2n) is 1.69. The fraction of sp³-hybridized carbons (Fsp3) is 0.667. The maximum Gasteiger partial charge on any atom is 0.0110 e. The molecule has 0 unspecified atom stereocenters. The van der Waals surface area contributed by atoms with Gasteiger partial charge in [0.1, 0.15) is 0 Å². The number of hydrogen-bond acceptors (Lipinski definition) is 0. The van der Waals surface area contributed by atoms with Crippen molar-refractivity contribution in [2.24, 2.45) is 0 Å². The van der Waals surface area contributed by atoms with E-state index >= 15 is 0 Å². The molecule has 0 bridgehead atoms. The molecule has 0 aliphatic rings. The quantitative estimate of drug-likeness (QED) is 0.493. The maximum atomic E-state index is 4.88. The summed E-state index contributed by atoms with van der Waals surface area (Å²) in [5, 5.41) is 0. The molecule has 7 heavy (non-hydrogen) atoms. The Hall–Kier alpha value is -0.0400. The summed E-state index contributed by atoms with van der Waals surface area (Å²) in [6.07, 6.45) is 1.09. The average Bonchev–Trinajstić information content (AvgIpc) is 1.65. The first-order valence-corrected chi connectivity index (χ1v) is 2.92. The van der Waals surface area contributed by atoms with Crippen LogP contribution in [0.1, 0.15) is 27.2 Å². The Bertz CT molecular complexity index is 78.2. The standard InChI is InChI=1S/C6H11S/c1-4-5(2)6(3)7/h4H2,1-3H3/b6-5-. The van der Waals surface area contributed by atoms with Crippen molar-refractivity contribution in [3.63, 3.8) is 0 Å². The van der Waals surface area contributed by atoms with Gasteiger partial charge in [-0.3, -0.25) is 0 Å². The molecule has 41 valence electrons. The zero-order valence-electron chi connectivity index (χ0n) is 5.12. The van der Waals surface area contributed by atoms with E-state index in [1.807, 2.05) is 6.92 Å². The summed E-state index contributed by atoms with van der Waals surface area (Å²) in [7, 11) is 0. The molecular weight excluding hydrogens is 104 g/mol. The Kier molecular flexibility index (Phi) is 3.01. The van der Waals surface area contributed by atoms with Crippen LogP contribution in [-0.2, 0) is 0 Å². The summed E-state index contributed by atoms with van der Waals surface area (Å²) in [5.74, 6) is 0. The molecule has 0 N–H and O–H groups in total. The van der Waals surface area contributed by atoms with Crippen LogP contribution in [0, 0.1) is 0 Å². The number of allylic oxidation sites excluding steroid dienone is 2. The van der Waals surface area contributed by atoms with E-state index in [1.54, 1.807) is 0 Å². The van der Waals surface area contributed by atoms with Gasteiger partial charge in [-0.2, -0.15) is 0 Å². The monoisotopic (exact) mass is 115 g/mol. The van der Waals surface area contributed by atoms with Gasteiger partial charge in [0.05, 0.1) is 0 Å². The molecule has 0 aromatic rings. The molecule has 1 radical (unpaired) electrons. The van der Waals surface area contributed by atoms with Crippen LogP contribution in [0.3, 0.4) is 0 Å². The van der Waals surface area contributed by atoms with E-state index in [2.05, 4.69) is 13.8 Å². The van der Waals surface area contributed by atoms with Gasteiger partial charge >= 0.3 is 0 Å². The van der Waals surface area contributed by atoms with Crippen LogP contribution in [0.5, 0.6) is 0 Å². The third kappa shape index (κ3) is 2.63. The van der Waals surface area contributed by atoms with Crippen LogP contribution in [0.2, 0.25) is 0 Å². The van der Waals surface area contributed by atoms with E-state index < -0.39 is 0 Å². The van der Waals surface area contributed by atoms with Gasteiger partial charge in [-0.05, 0) is 20.3 Å². The lowest BCUT2D eigenvalue weighted by Gasteiger charge is -1.92. The predicted octanol–water partition coefficient (Wildman–Crippen LogP) is 2.89. The highest BCUT2D eigenvalue weighted by Gasteiger charge is 1.85. The second kappa shape index (κ2) is 3.03. The third-order valence-corrected chi connectivity index (χ3v) is 1.48. The first-order valence-electron chi connectivity index (χ1n) is 2.51. The summed E-state index contributed by atoms with van der Waals surface area (Å²) in [6, 6.07) is 0. The fourth-order valence-electron chi connectivity index (χ4n) is 0.249. The average molecular weight is 115 g/mol. The smallest absolute Gasteiger partial charge is 0.0110 e. The topological polar surface area (TPSA) is 0 Å². The van der Waals surface area contributed by atoms with Crippen LogP contribution >= 0.6 is 12.6 Å². The second-order valence-corrected chi connectivity index (χ2v) is 2.30. The molecule has 0 atom stereocenters. The first-order chi connectivity index (χ1) is 3.18. The molecule has 0 aromatic heterocycles. The fourth-order valence-corrected chi connectivity index (χ4v) is 0.393. The van der Waals surface area contributed by atoms with E-state index in [9.17, 15) is 0 Å². The van der Waals surface area contributed by atoms with E-state index in [1.165, 1.54) is 5.57 Å². The van der Waals surface area contributed by atoms with Gasteiger partial charge in [0, 0.05) is 4.91 Å². The summed E-state index contributed by atoms with van der Waals surface area (Å²) in [4.78, 5) is 1.04. The van der Waals surface area contributed by atoms with Crippen molar-refractivity contribution in [3.8, 4) is 0 Å². The molecule has 0 nitrogen and oxygen atoms in total. The Labute approximate surface area is 51.0 Å². The van der Waals surface area contributed by atoms with Gasteiger partial charge in [-0.1, -0.05) is 25.1 Å². The van der Waals surface area contributed by atoms with Crippen LogP contribution < -0.4 is 0 Å². The van der Waals surface area contributed by atoms with Gasteiger partial charge in [-0.25, -0.2) is 0 Å². The Balaban J connectivity index is 3.72. The van der Waals surface area contributed by atoms with E-state index in [4.69, 9.17) is 12.6 Å². The van der Waals surface area contributed by atoms with Gasteiger partial charge in [0.2, 0.25) is 0 Å². The van der Waals surface area contributed by atoms with Crippen LogP contribution in [0.15, 0.2) is 10.5 Å². The summed E-state index contributed by atoms with van der Waals surface area (Å²) in [5.41, 5.74) is 1.33. The van der Waals surface area contributed by atoms with E-state index in [0.717, 1.165) is 11.3 Å². The summed E-state index contributed by atoms with van der Waals surface area (Å²) >= 11 is 4.88. The van der Waals surface area contributed by atoms with E-state index in [-0.39, 0.29) is 0 Å². The number of rotatable bonds is 1. The van der Waals surface area contributed by atoms with Gasteiger partial charge < -0.3 is 0 Å². The summed E-state index contributed by atoms with van der Waals surface area (Å²) in [6.45, 7) is 6.15. The molecule has 0 saturated heterocycles. The molecule has 0 spiro atoms. The Morgan fingerprint density at radius 2 is 1.86 bits per heavy atom. The van der Waals surface area contributed by atoms with Crippen LogP contribution in [-0.4, -0.2) is 0 Å².